The minimum atomic E-state index is -0.154. The zero-order valence-electron chi connectivity index (χ0n) is 17.6. The molecule has 1 saturated carbocycles. The highest BCUT2D eigenvalue weighted by atomic mass is 16.5. The quantitative estimate of drug-likeness (QED) is 0.542. The van der Waals surface area contributed by atoms with E-state index in [0.29, 0.717) is 6.04 Å². The Morgan fingerprint density at radius 1 is 0.967 bits per heavy atom. The molecular formula is C26H30N2O2. The van der Waals surface area contributed by atoms with Crippen molar-refractivity contribution < 1.29 is 9.53 Å². The minimum Gasteiger partial charge on any atom is -0.483 e. The highest BCUT2D eigenvalue weighted by molar-refractivity contribution is 5.92. The van der Waals surface area contributed by atoms with E-state index in [1.165, 1.54) is 42.9 Å². The summed E-state index contributed by atoms with van der Waals surface area (Å²) in [6, 6.07) is 20.7. The monoisotopic (exact) mass is 402 g/mol. The lowest BCUT2D eigenvalue weighted by atomic mass is 9.95. The van der Waals surface area contributed by atoms with Crippen LogP contribution in [-0.4, -0.2) is 18.6 Å². The molecule has 4 rings (SSSR count). The van der Waals surface area contributed by atoms with E-state index in [4.69, 9.17) is 4.74 Å². The Bertz CT molecular complexity index is 992. The fourth-order valence-electron chi connectivity index (χ4n) is 4.16. The number of hydrogen-bond donors (Lipinski definition) is 2. The number of amides is 1. The molecule has 1 fully saturated rings. The van der Waals surface area contributed by atoms with E-state index in [9.17, 15) is 4.79 Å². The molecule has 3 aromatic rings. The third-order valence-corrected chi connectivity index (χ3v) is 5.86. The van der Waals surface area contributed by atoms with Crippen molar-refractivity contribution in [1.82, 2.24) is 5.32 Å². The van der Waals surface area contributed by atoms with Crippen LogP contribution in [0.1, 0.15) is 43.2 Å². The highest BCUT2D eigenvalue weighted by Gasteiger charge is 2.16. The molecule has 0 aliphatic heterocycles. The standard InChI is InChI=1S/C26H30N2O2/c1-19-11-14-22(15-12-19)28-26(29)18-30-25-16-13-20-7-5-6-10-23(20)24(25)17-27-21-8-3-2-4-9-21/h5-7,10-16,21,27H,2-4,8-9,17-18H2,1H3,(H,28,29). The fourth-order valence-corrected chi connectivity index (χ4v) is 4.16. The number of ether oxygens (including phenoxy) is 1. The van der Waals surface area contributed by atoms with E-state index in [2.05, 4.69) is 41.0 Å². The molecule has 3 aromatic carbocycles. The van der Waals surface area contributed by atoms with Crippen molar-refractivity contribution >= 4 is 22.4 Å². The third-order valence-electron chi connectivity index (χ3n) is 5.86. The van der Waals surface area contributed by atoms with Crippen molar-refractivity contribution in [3.63, 3.8) is 0 Å². The molecule has 2 N–H and O–H groups in total. The molecule has 0 unspecified atom stereocenters. The predicted octanol–water partition coefficient (Wildman–Crippen LogP) is 5.59. The summed E-state index contributed by atoms with van der Waals surface area (Å²) in [6.07, 6.45) is 6.42. The normalized spacial score (nSPS) is 14.6. The second kappa shape index (κ2) is 9.77. The number of aryl methyl sites for hydroxylation is 1. The Balaban J connectivity index is 1.46. The van der Waals surface area contributed by atoms with Crippen LogP contribution in [0.3, 0.4) is 0 Å². The summed E-state index contributed by atoms with van der Waals surface area (Å²) in [5, 5.41) is 8.99. The van der Waals surface area contributed by atoms with Crippen molar-refractivity contribution in [2.24, 2.45) is 0 Å². The first-order chi connectivity index (χ1) is 14.7. The highest BCUT2D eigenvalue weighted by Crippen LogP contribution is 2.29. The van der Waals surface area contributed by atoms with Gasteiger partial charge in [0.25, 0.3) is 5.91 Å². The summed E-state index contributed by atoms with van der Waals surface area (Å²) in [4.78, 5) is 12.4. The van der Waals surface area contributed by atoms with Crippen LogP contribution in [0.5, 0.6) is 5.75 Å². The van der Waals surface area contributed by atoms with E-state index in [-0.39, 0.29) is 12.5 Å². The summed E-state index contributed by atoms with van der Waals surface area (Å²) >= 11 is 0. The summed E-state index contributed by atoms with van der Waals surface area (Å²) in [5.74, 6) is 0.620. The fraction of sp³-hybridized carbons (Fsp3) is 0.346. The van der Waals surface area contributed by atoms with E-state index >= 15 is 0 Å². The van der Waals surface area contributed by atoms with E-state index in [0.717, 1.165) is 29.1 Å². The van der Waals surface area contributed by atoms with Gasteiger partial charge in [-0.25, -0.2) is 0 Å². The van der Waals surface area contributed by atoms with Crippen LogP contribution in [0, 0.1) is 6.92 Å². The number of anilines is 1. The Morgan fingerprint density at radius 2 is 1.73 bits per heavy atom. The summed E-state index contributed by atoms with van der Waals surface area (Å²) in [7, 11) is 0. The minimum absolute atomic E-state index is 0.0113. The molecule has 4 nitrogen and oxygen atoms in total. The molecule has 0 saturated heterocycles. The first kappa shape index (κ1) is 20.4. The Morgan fingerprint density at radius 3 is 2.53 bits per heavy atom. The van der Waals surface area contributed by atoms with Crippen LogP contribution in [0.15, 0.2) is 60.7 Å². The molecule has 1 aliphatic rings. The smallest absolute Gasteiger partial charge is 0.262 e. The van der Waals surface area contributed by atoms with Crippen LogP contribution in [0.25, 0.3) is 10.8 Å². The maximum absolute atomic E-state index is 12.4. The van der Waals surface area contributed by atoms with E-state index < -0.39 is 0 Å². The number of hydrogen-bond acceptors (Lipinski definition) is 3. The molecule has 0 heterocycles. The Kier molecular flexibility index (Phi) is 6.65. The lowest BCUT2D eigenvalue weighted by molar-refractivity contribution is -0.118. The first-order valence-corrected chi connectivity index (χ1v) is 10.9. The molecular weight excluding hydrogens is 372 g/mol. The second-order valence-electron chi connectivity index (χ2n) is 8.18. The summed E-state index contributed by atoms with van der Waals surface area (Å²) < 4.78 is 5.99. The van der Waals surface area contributed by atoms with Gasteiger partial charge in [-0.15, -0.1) is 0 Å². The predicted molar refractivity (Wildman–Crippen MR) is 123 cm³/mol. The largest absolute Gasteiger partial charge is 0.483 e. The van der Waals surface area contributed by atoms with Gasteiger partial charge in [0.05, 0.1) is 0 Å². The van der Waals surface area contributed by atoms with Crippen LogP contribution in [-0.2, 0) is 11.3 Å². The molecule has 4 heteroatoms. The maximum atomic E-state index is 12.4. The molecule has 30 heavy (non-hydrogen) atoms. The third kappa shape index (κ3) is 5.19. The number of nitrogens with one attached hydrogen (secondary N) is 2. The van der Waals surface area contributed by atoms with Crippen LogP contribution in [0.4, 0.5) is 5.69 Å². The zero-order chi connectivity index (χ0) is 20.8. The lowest BCUT2D eigenvalue weighted by Crippen LogP contribution is -2.30. The van der Waals surface area contributed by atoms with Crippen molar-refractivity contribution in [1.29, 1.82) is 0 Å². The van der Waals surface area contributed by atoms with Gasteiger partial charge in [0, 0.05) is 23.8 Å². The maximum Gasteiger partial charge on any atom is 0.262 e. The van der Waals surface area contributed by atoms with Crippen LogP contribution >= 0.6 is 0 Å². The number of carbonyl (C=O) groups excluding carboxylic acids is 1. The van der Waals surface area contributed by atoms with Gasteiger partial charge in [0.15, 0.2) is 6.61 Å². The molecule has 0 atom stereocenters. The average molecular weight is 403 g/mol. The zero-order valence-corrected chi connectivity index (χ0v) is 17.6. The summed E-state index contributed by atoms with van der Waals surface area (Å²) in [6.45, 7) is 2.76. The van der Waals surface area contributed by atoms with Gasteiger partial charge in [-0.3, -0.25) is 4.79 Å². The van der Waals surface area contributed by atoms with Gasteiger partial charge >= 0.3 is 0 Å². The molecule has 1 aliphatic carbocycles. The first-order valence-electron chi connectivity index (χ1n) is 10.9. The van der Waals surface area contributed by atoms with Crippen molar-refractivity contribution in [3.8, 4) is 5.75 Å². The number of benzene rings is 3. The average Bonchev–Trinajstić information content (AvgIpc) is 2.78. The SMILES string of the molecule is Cc1ccc(NC(=O)COc2ccc3ccccc3c2CNC2CCCCC2)cc1. The van der Waals surface area contributed by atoms with Crippen molar-refractivity contribution in [2.75, 3.05) is 11.9 Å². The van der Waals surface area contributed by atoms with Gasteiger partial charge in [-0.1, -0.05) is 67.3 Å². The number of carbonyl (C=O) groups is 1. The van der Waals surface area contributed by atoms with Gasteiger partial charge in [-0.05, 0) is 48.7 Å². The topological polar surface area (TPSA) is 50.4 Å². The Labute approximate surface area is 178 Å². The van der Waals surface area contributed by atoms with Gasteiger partial charge < -0.3 is 15.4 Å². The summed E-state index contributed by atoms with van der Waals surface area (Å²) in [5.41, 5.74) is 3.07. The molecule has 156 valence electrons. The molecule has 0 spiro atoms. The van der Waals surface area contributed by atoms with E-state index in [1.54, 1.807) is 0 Å². The lowest BCUT2D eigenvalue weighted by Gasteiger charge is -2.24. The van der Waals surface area contributed by atoms with Crippen LogP contribution < -0.4 is 15.4 Å². The molecule has 1 amide bonds. The number of rotatable bonds is 7. The van der Waals surface area contributed by atoms with Gasteiger partial charge in [0.1, 0.15) is 5.75 Å². The molecule has 0 bridgehead atoms. The van der Waals surface area contributed by atoms with Crippen molar-refractivity contribution in [3.05, 3.63) is 71.8 Å². The van der Waals surface area contributed by atoms with Crippen LogP contribution in [0.2, 0.25) is 0 Å². The Hall–Kier alpha value is -2.85. The molecule has 0 aromatic heterocycles. The van der Waals surface area contributed by atoms with Crippen molar-refractivity contribution in [2.45, 2.75) is 51.6 Å². The van der Waals surface area contributed by atoms with Gasteiger partial charge in [-0.2, -0.15) is 0 Å². The van der Waals surface area contributed by atoms with E-state index in [1.807, 2.05) is 37.3 Å². The molecule has 0 radical (unpaired) electrons. The second-order valence-corrected chi connectivity index (χ2v) is 8.18. The van der Waals surface area contributed by atoms with Gasteiger partial charge in [0.2, 0.25) is 0 Å². The number of fused-ring (bicyclic) bond motifs is 1.